The number of ether oxygens (including phenoxy) is 2. The quantitative estimate of drug-likeness (QED) is 0.553. The van der Waals surface area contributed by atoms with Gasteiger partial charge < -0.3 is 25.5 Å². The Kier molecular flexibility index (Phi) is 8.93. The molecule has 10 nitrogen and oxygen atoms in total. The molecule has 2 aliphatic rings. The van der Waals surface area contributed by atoms with Crippen LogP contribution in [0.1, 0.15) is 53.0 Å². The largest absolute Gasteiger partial charge is 0.492 e. The van der Waals surface area contributed by atoms with E-state index in [-0.39, 0.29) is 67.3 Å². The van der Waals surface area contributed by atoms with Gasteiger partial charge in [0.05, 0.1) is 12.5 Å². The number of halogens is 1. The number of nitrogen functional groups attached to an aromatic ring is 1. The molecule has 1 saturated carbocycles. The first-order chi connectivity index (χ1) is 15.9. The molecule has 3 N–H and O–H groups in total. The van der Waals surface area contributed by atoms with Gasteiger partial charge in [-0.15, -0.1) is 0 Å². The van der Waals surface area contributed by atoms with Crippen molar-refractivity contribution in [2.24, 2.45) is 5.92 Å². The van der Waals surface area contributed by atoms with Crippen molar-refractivity contribution in [2.45, 2.75) is 64.6 Å². The van der Waals surface area contributed by atoms with Crippen LogP contribution in [-0.4, -0.2) is 47.2 Å². The molecule has 0 unspecified atom stereocenters. The fourth-order valence-electron chi connectivity index (χ4n) is 4.61. The second-order valence-electron chi connectivity index (χ2n) is 10.1. The van der Waals surface area contributed by atoms with Gasteiger partial charge in [0.2, 0.25) is 0 Å². The van der Waals surface area contributed by atoms with E-state index in [1.165, 1.54) is 11.7 Å². The van der Waals surface area contributed by atoms with Crippen LogP contribution in [0.3, 0.4) is 0 Å². The Labute approximate surface area is 222 Å². The van der Waals surface area contributed by atoms with Gasteiger partial charge in [-0.25, -0.2) is 14.0 Å². The second-order valence-corrected chi connectivity index (χ2v) is 10.1. The van der Waals surface area contributed by atoms with Crippen molar-refractivity contribution in [3.63, 3.8) is 0 Å². The van der Waals surface area contributed by atoms with E-state index in [0.29, 0.717) is 24.2 Å². The van der Waals surface area contributed by atoms with Crippen molar-refractivity contribution in [3.05, 3.63) is 32.7 Å². The second kappa shape index (κ2) is 10.8. The van der Waals surface area contributed by atoms with Crippen LogP contribution in [-0.2, 0) is 4.74 Å². The summed E-state index contributed by atoms with van der Waals surface area (Å²) >= 11 is 0. The number of aromatic nitrogens is 2. The van der Waals surface area contributed by atoms with E-state index < -0.39 is 28.8 Å². The molecule has 0 bridgehead atoms. The van der Waals surface area contributed by atoms with E-state index >= 15 is 4.39 Å². The standard InChI is InChI=1S/C23H32FN5O5.2H2S/c1-12(26-21(31)34-23(2,3)4)13-8-9-27(11-13)18-16(24)10-15-17(19(18)33-5)28(14-6-7-14)22(32)29(25)20(15)30;;/h10,12-14H,6-9,11,25H2,1-5H3,(H,26,31);2*1H2/t12-,13-;;/m0../s1. The third-order valence-corrected chi connectivity index (χ3v) is 6.39. The molecular formula is C23H36FN5O5S2. The summed E-state index contributed by atoms with van der Waals surface area (Å²) in [5, 5.41) is 2.86. The van der Waals surface area contributed by atoms with Crippen LogP contribution in [0.5, 0.6) is 5.75 Å². The van der Waals surface area contributed by atoms with Crippen molar-refractivity contribution < 1.29 is 18.7 Å². The first-order valence-electron chi connectivity index (χ1n) is 11.5. The molecule has 2 atom stereocenters. The zero-order valence-corrected chi connectivity index (χ0v) is 23.2. The number of nitrogens with one attached hydrogen (secondary N) is 1. The molecule has 13 heteroatoms. The van der Waals surface area contributed by atoms with Gasteiger partial charge in [0.25, 0.3) is 5.56 Å². The lowest BCUT2D eigenvalue weighted by atomic mass is 10.0. The minimum absolute atomic E-state index is 0. The van der Waals surface area contributed by atoms with Gasteiger partial charge in [-0.2, -0.15) is 31.7 Å². The average molecular weight is 546 g/mol. The summed E-state index contributed by atoms with van der Waals surface area (Å²) in [7, 11) is 1.40. The first-order valence-corrected chi connectivity index (χ1v) is 11.5. The molecule has 2 aromatic rings. The Balaban J connectivity index is 0.00000228. The molecule has 202 valence electrons. The van der Waals surface area contributed by atoms with Crippen LogP contribution in [0.25, 0.3) is 10.9 Å². The van der Waals surface area contributed by atoms with Crippen molar-refractivity contribution in [1.29, 1.82) is 0 Å². The Morgan fingerprint density at radius 2 is 1.86 bits per heavy atom. The van der Waals surface area contributed by atoms with Gasteiger partial charge >= 0.3 is 11.8 Å². The number of amides is 1. The van der Waals surface area contributed by atoms with E-state index in [9.17, 15) is 14.4 Å². The zero-order valence-electron chi connectivity index (χ0n) is 21.2. The number of methoxy groups -OCH3 is 1. The highest BCUT2D eigenvalue weighted by molar-refractivity contribution is 7.59. The molecule has 0 radical (unpaired) electrons. The Morgan fingerprint density at radius 3 is 2.42 bits per heavy atom. The third kappa shape index (κ3) is 5.56. The lowest BCUT2D eigenvalue weighted by Crippen LogP contribution is -2.44. The van der Waals surface area contributed by atoms with Gasteiger partial charge in [0.1, 0.15) is 16.8 Å². The number of benzene rings is 1. The number of rotatable bonds is 5. The highest BCUT2D eigenvalue weighted by Crippen LogP contribution is 2.43. The van der Waals surface area contributed by atoms with Crippen LogP contribution in [0.4, 0.5) is 14.9 Å². The third-order valence-electron chi connectivity index (χ3n) is 6.39. The summed E-state index contributed by atoms with van der Waals surface area (Å²) in [6.45, 7) is 8.25. The SMILES string of the molecule is COc1c(N2CC[C@H]([C@H](C)NC(=O)OC(C)(C)C)C2)c(F)cc2c(=O)n(N)c(=O)n(C3CC3)c12.S.S. The number of alkyl carbamates (subject to hydrolysis) is 1. The number of hydrogen-bond donors (Lipinski definition) is 2. The Morgan fingerprint density at radius 1 is 1.22 bits per heavy atom. The molecule has 1 aromatic heterocycles. The number of fused-ring (bicyclic) bond motifs is 1. The number of carbonyl (C=O) groups excluding carboxylic acids is 1. The minimum Gasteiger partial charge on any atom is -0.492 e. The van der Waals surface area contributed by atoms with Crippen molar-refractivity contribution >= 4 is 49.7 Å². The number of nitrogens with zero attached hydrogens (tertiary/aromatic N) is 3. The lowest BCUT2D eigenvalue weighted by molar-refractivity contribution is 0.0494. The molecule has 1 aromatic carbocycles. The number of anilines is 1. The van der Waals surface area contributed by atoms with Crippen LogP contribution in [0.2, 0.25) is 0 Å². The highest BCUT2D eigenvalue weighted by atomic mass is 32.1. The molecule has 0 spiro atoms. The zero-order chi connectivity index (χ0) is 24.9. The smallest absolute Gasteiger partial charge is 0.407 e. The summed E-state index contributed by atoms with van der Waals surface area (Å²) < 4.78 is 28.3. The normalized spacial score (nSPS) is 18.3. The van der Waals surface area contributed by atoms with Gasteiger partial charge in [-0.1, -0.05) is 0 Å². The molecule has 36 heavy (non-hydrogen) atoms. The van der Waals surface area contributed by atoms with Gasteiger partial charge in [-0.3, -0.25) is 9.36 Å². The van der Waals surface area contributed by atoms with Crippen molar-refractivity contribution in [2.75, 3.05) is 30.9 Å². The van der Waals surface area contributed by atoms with Crippen LogP contribution in [0, 0.1) is 11.7 Å². The van der Waals surface area contributed by atoms with E-state index in [4.69, 9.17) is 15.3 Å². The molecule has 1 aliphatic carbocycles. The predicted molar refractivity (Wildman–Crippen MR) is 147 cm³/mol. The summed E-state index contributed by atoms with van der Waals surface area (Å²) in [5.74, 6) is 5.25. The highest BCUT2D eigenvalue weighted by Gasteiger charge is 2.35. The van der Waals surface area contributed by atoms with E-state index in [2.05, 4.69) is 5.32 Å². The topological polar surface area (TPSA) is 121 Å². The fraction of sp³-hybridized carbons (Fsp3) is 0.609. The maximum absolute atomic E-state index is 15.4. The van der Waals surface area contributed by atoms with Crippen LogP contribution >= 0.6 is 27.0 Å². The fourth-order valence-corrected chi connectivity index (χ4v) is 4.61. The summed E-state index contributed by atoms with van der Waals surface area (Å²) in [6.07, 6.45) is 1.74. The number of nitrogens with two attached hydrogens (primary N) is 1. The summed E-state index contributed by atoms with van der Waals surface area (Å²) in [6, 6.07) is 0.817. The van der Waals surface area contributed by atoms with Gasteiger partial charge in [-0.05, 0) is 58.9 Å². The van der Waals surface area contributed by atoms with Crippen molar-refractivity contribution in [3.8, 4) is 5.75 Å². The van der Waals surface area contributed by atoms with Gasteiger partial charge in [0, 0.05) is 25.2 Å². The van der Waals surface area contributed by atoms with Crippen molar-refractivity contribution in [1.82, 2.24) is 14.6 Å². The van der Waals surface area contributed by atoms with Crippen LogP contribution < -0.4 is 32.0 Å². The molecule has 2 fully saturated rings. The molecule has 4 rings (SSSR count). The van der Waals surface area contributed by atoms with Gasteiger partial charge in [0.15, 0.2) is 11.6 Å². The van der Waals surface area contributed by atoms with E-state index in [0.717, 1.165) is 18.9 Å². The molecule has 1 aliphatic heterocycles. The predicted octanol–water partition coefficient (Wildman–Crippen LogP) is 2.32. The Bertz CT molecular complexity index is 1250. The molecular weight excluding hydrogens is 509 g/mol. The Hall–Kier alpha value is -2.54. The maximum atomic E-state index is 15.4. The first kappa shape index (κ1) is 29.7. The molecule has 2 heterocycles. The number of carbonyl (C=O) groups is 1. The average Bonchev–Trinajstić information content (AvgIpc) is 3.45. The summed E-state index contributed by atoms with van der Waals surface area (Å²) in [4.78, 5) is 39.5. The molecule has 1 saturated heterocycles. The monoisotopic (exact) mass is 545 g/mol. The van der Waals surface area contributed by atoms with Crippen LogP contribution in [0.15, 0.2) is 15.7 Å². The number of hydrogen-bond acceptors (Lipinski definition) is 7. The lowest BCUT2D eigenvalue weighted by Gasteiger charge is -2.26. The van der Waals surface area contributed by atoms with E-state index in [1.807, 2.05) is 11.8 Å². The minimum atomic E-state index is -0.768. The van der Waals surface area contributed by atoms with E-state index in [1.54, 1.807) is 20.8 Å². The maximum Gasteiger partial charge on any atom is 0.407 e. The summed E-state index contributed by atoms with van der Waals surface area (Å²) in [5.41, 5.74) is -1.56. The molecule has 1 amide bonds.